The van der Waals surface area contributed by atoms with Gasteiger partial charge in [-0.1, -0.05) is 5.57 Å². The van der Waals surface area contributed by atoms with E-state index in [4.69, 9.17) is 0 Å². The molecule has 1 nitrogen and oxygen atoms in total. The van der Waals surface area contributed by atoms with Crippen molar-refractivity contribution >= 4 is 16.8 Å². The maximum Gasteiger partial charge on any atom is 0.0926 e. The molecule has 68 valence electrons. The van der Waals surface area contributed by atoms with Gasteiger partial charge in [0.15, 0.2) is 0 Å². The van der Waals surface area contributed by atoms with Crippen molar-refractivity contribution in [3.8, 4) is 0 Å². The van der Waals surface area contributed by atoms with Crippen LogP contribution < -0.4 is 0 Å². The summed E-state index contributed by atoms with van der Waals surface area (Å²) in [5.74, 6) is 0.869. The summed E-state index contributed by atoms with van der Waals surface area (Å²) in [4.78, 5) is 4.26. The van der Waals surface area contributed by atoms with E-state index in [0.29, 0.717) is 0 Å². The van der Waals surface area contributed by atoms with Crippen molar-refractivity contribution in [2.45, 2.75) is 26.7 Å². The van der Waals surface area contributed by atoms with E-state index in [0.717, 1.165) is 5.92 Å². The van der Waals surface area contributed by atoms with E-state index in [9.17, 15) is 0 Å². The molecule has 2 heteroatoms. The maximum absolute atomic E-state index is 4.26. The summed E-state index contributed by atoms with van der Waals surface area (Å²) in [5.41, 5.74) is 2.94. The van der Waals surface area contributed by atoms with E-state index in [1.54, 1.807) is 17.3 Å². The molecule has 12 heavy (non-hydrogen) atoms. The topological polar surface area (TPSA) is 12.4 Å². The maximum atomic E-state index is 4.26. The Labute approximate surface area is 79.3 Å². The van der Waals surface area contributed by atoms with Crippen LogP contribution in [0.4, 0.5) is 0 Å². The Morgan fingerprint density at radius 2 is 1.92 bits per heavy atom. The smallest absolute Gasteiger partial charge is 0.0926 e. The van der Waals surface area contributed by atoms with Gasteiger partial charge < -0.3 is 0 Å². The van der Waals surface area contributed by atoms with Crippen LogP contribution in [-0.2, 0) is 0 Å². The zero-order valence-electron chi connectivity index (χ0n) is 8.35. The molecular weight excluding hydrogens is 166 g/mol. The Morgan fingerprint density at radius 3 is 2.25 bits per heavy atom. The zero-order chi connectivity index (χ0) is 9.14. The van der Waals surface area contributed by atoms with Crippen LogP contribution in [-0.4, -0.2) is 18.3 Å². The minimum atomic E-state index is 0.869. The standard InChI is InChI=1S/C10H17NS/c1-7(9-5-6-9)8(2)10(11-3)12-4/h9H,5-6H2,1-4H3/b8-7+,11-10?. The molecule has 0 aromatic heterocycles. The highest BCUT2D eigenvalue weighted by Gasteiger charge is 2.25. The third-order valence-electron chi connectivity index (χ3n) is 2.50. The van der Waals surface area contributed by atoms with Crippen LogP contribution in [0.3, 0.4) is 0 Å². The quantitative estimate of drug-likeness (QED) is 0.473. The normalized spacial score (nSPS) is 20.8. The second-order valence-corrected chi connectivity index (χ2v) is 4.11. The van der Waals surface area contributed by atoms with Crippen LogP contribution >= 0.6 is 11.8 Å². The number of allylic oxidation sites excluding steroid dienone is 1. The predicted molar refractivity (Wildman–Crippen MR) is 58.0 cm³/mol. The molecule has 1 aliphatic carbocycles. The number of hydrogen-bond donors (Lipinski definition) is 0. The molecule has 0 aromatic rings. The highest BCUT2D eigenvalue weighted by atomic mass is 32.2. The van der Waals surface area contributed by atoms with E-state index in [-0.39, 0.29) is 0 Å². The average Bonchev–Trinajstić information content (AvgIpc) is 2.87. The molecule has 0 radical (unpaired) electrons. The largest absolute Gasteiger partial charge is 0.282 e. The fourth-order valence-electron chi connectivity index (χ4n) is 1.40. The van der Waals surface area contributed by atoms with Crippen molar-refractivity contribution in [1.82, 2.24) is 0 Å². The second-order valence-electron chi connectivity index (χ2n) is 3.32. The van der Waals surface area contributed by atoms with Gasteiger partial charge in [0.1, 0.15) is 0 Å². The SMILES string of the molecule is CN=C(SC)/C(C)=C(\C)C1CC1. The summed E-state index contributed by atoms with van der Waals surface area (Å²) < 4.78 is 0. The van der Waals surface area contributed by atoms with E-state index in [2.05, 4.69) is 25.1 Å². The lowest BCUT2D eigenvalue weighted by Gasteiger charge is -2.06. The van der Waals surface area contributed by atoms with E-state index in [1.807, 2.05) is 7.05 Å². The minimum absolute atomic E-state index is 0.869. The van der Waals surface area contributed by atoms with Crippen LogP contribution in [0.25, 0.3) is 0 Å². The van der Waals surface area contributed by atoms with Gasteiger partial charge >= 0.3 is 0 Å². The highest BCUT2D eigenvalue weighted by Crippen LogP contribution is 2.38. The van der Waals surface area contributed by atoms with Gasteiger partial charge in [-0.25, -0.2) is 0 Å². The number of aliphatic imine (C=N–C) groups is 1. The average molecular weight is 183 g/mol. The molecular formula is C10H17NS. The van der Waals surface area contributed by atoms with Crippen molar-refractivity contribution in [2.75, 3.05) is 13.3 Å². The van der Waals surface area contributed by atoms with Gasteiger partial charge in [-0.05, 0) is 44.4 Å². The molecule has 1 fully saturated rings. The lowest BCUT2D eigenvalue weighted by atomic mass is 10.1. The monoisotopic (exact) mass is 183 g/mol. The molecule has 1 rings (SSSR count). The third kappa shape index (κ3) is 2.13. The molecule has 0 aromatic carbocycles. The van der Waals surface area contributed by atoms with Crippen LogP contribution in [0.5, 0.6) is 0 Å². The molecule has 1 aliphatic rings. The van der Waals surface area contributed by atoms with Crippen molar-refractivity contribution in [2.24, 2.45) is 10.9 Å². The van der Waals surface area contributed by atoms with Crippen LogP contribution in [0, 0.1) is 5.92 Å². The summed E-state index contributed by atoms with van der Waals surface area (Å²) in [7, 11) is 1.87. The summed E-state index contributed by atoms with van der Waals surface area (Å²) in [6.07, 6.45) is 4.86. The van der Waals surface area contributed by atoms with Gasteiger partial charge in [0.05, 0.1) is 5.04 Å². The van der Waals surface area contributed by atoms with Gasteiger partial charge in [-0.2, -0.15) is 0 Å². The first-order chi connectivity index (χ1) is 5.70. The summed E-state index contributed by atoms with van der Waals surface area (Å²) in [6, 6.07) is 0. The van der Waals surface area contributed by atoms with Gasteiger partial charge in [0.2, 0.25) is 0 Å². The molecule has 0 atom stereocenters. The molecule has 0 spiro atoms. The van der Waals surface area contributed by atoms with Crippen molar-refractivity contribution in [3.63, 3.8) is 0 Å². The third-order valence-corrected chi connectivity index (χ3v) is 3.37. The Balaban J connectivity index is 2.77. The predicted octanol–water partition coefficient (Wildman–Crippen LogP) is 3.12. The first kappa shape index (κ1) is 9.85. The summed E-state index contributed by atoms with van der Waals surface area (Å²) >= 11 is 1.74. The number of thioether (sulfide) groups is 1. The van der Waals surface area contributed by atoms with Crippen molar-refractivity contribution in [1.29, 1.82) is 0 Å². The van der Waals surface area contributed by atoms with E-state index < -0.39 is 0 Å². The first-order valence-corrected chi connectivity index (χ1v) is 5.61. The highest BCUT2D eigenvalue weighted by molar-refractivity contribution is 8.13. The van der Waals surface area contributed by atoms with Gasteiger partial charge in [0, 0.05) is 7.05 Å². The summed E-state index contributed by atoms with van der Waals surface area (Å²) in [6.45, 7) is 4.43. The summed E-state index contributed by atoms with van der Waals surface area (Å²) in [5, 5.41) is 1.19. The van der Waals surface area contributed by atoms with E-state index >= 15 is 0 Å². The Bertz CT molecular complexity index is 224. The van der Waals surface area contributed by atoms with Gasteiger partial charge in [-0.15, -0.1) is 11.8 Å². The second kappa shape index (κ2) is 4.13. The molecule has 0 bridgehead atoms. The zero-order valence-corrected chi connectivity index (χ0v) is 9.16. The Kier molecular flexibility index (Phi) is 3.39. The van der Waals surface area contributed by atoms with E-state index in [1.165, 1.54) is 23.5 Å². The fraction of sp³-hybridized carbons (Fsp3) is 0.700. The first-order valence-electron chi connectivity index (χ1n) is 4.39. The molecule has 1 saturated carbocycles. The molecule has 0 aliphatic heterocycles. The molecule has 0 heterocycles. The van der Waals surface area contributed by atoms with Gasteiger partial charge in [0.25, 0.3) is 0 Å². The lowest BCUT2D eigenvalue weighted by molar-refractivity contribution is 0.990. The Hall–Kier alpha value is -0.240. The Morgan fingerprint density at radius 1 is 1.33 bits per heavy atom. The van der Waals surface area contributed by atoms with Crippen LogP contribution in [0.15, 0.2) is 16.1 Å². The molecule has 0 N–H and O–H groups in total. The van der Waals surface area contributed by atoms with Crippen molar-refractivity contribution < 1.29 is 0 Å². The minimum Gasteiger partial charge on any atom is -0.282 e. The van der Waals surface area contributed by atoms with Crippen molar-refractivity contribution in [3.05, 3.63) is 11.1 Å². The lowest BCUT2D eigenvalue weighted by Crippen LogP contribution is -1.98. The molecule has 0 amide bonds. The molecule has 0 unspecified atom stereocenters. The van der Waals surface area contributed by atoms with Crippen LogP contribution in [0.1, 0.15) is 26.7 Å². The van der Waals surface area contributed by atoms with Gasteiger partial charge in [-0.3, -0.25) is 4.99 Å². The molecule has 0 saturated heterocycles. The number of rotatable bonds is 2. The van der Waals surface area contributed by atoms with Crippen LogP contribution in [0.2, 0.25) is 0 Å². The number of hydrogen-bond acceptors (Lipinski definition) is 2. The fourth-order valence-corrected chi connectivity index (χ4v) is 2.05. The number of nitrogens with zero attached hydrogens (tertiary/aromatic N) is 1.